The molecule has 0 bridgehead atoms. The van der Waals surface area contributed by atoms with Gasteiger partial charge in [0.15, 0.2) is 28.7 Å². The quantitative estimate of drug-likeness (QED) is 0.0600. The van der Waals surface area contributed by atoms with E-state index in [9.17, 15) is 41.4 Å². The number of Topliss-reactive ketones (excluding diaryl/α,β-unsaturated/α-hetero) is 1. The van der Waals surface area contributed by atoms with E-state index in [-0.39, 0.29) is 38.4 Å². The van der Waals surface area contributed by atoms with Crippen molar-refractivity contribution in [3.8, 4) is 11.5 Å². The molecule has 2 aromatic heterocycles. The first-order chi connectivity index (χ1) is 25.2. The number of pyridine rings is 2. The molecule has 0 aliphatic rings. The minimum Gasteiger partial charge on any atom is -0.505 e. The van der Waals surface area contributed by atoms with E-state index in [2.05, 4.69) is 60.2 Å². The number of carbonyl (C=O) groups excluding carboxylic acids is 1. The number of ketones is 1. The fourth-order valence-corrected chi connectivity index (χ4v) is 21.4. The first kappa shape index (κ1) is 50.5. The Bertz CT molecular complexity index is 1890. The zero-order valence-corrected chi connectivity index (χ0v) is 36.7. The number of alkyl halides is 6. The topological polar surface area (TPSA) is 92.5 Å². The molecule has 0 unspecified atom stereocenters. The molecule has 0 amide bonds. The first-order valence-corrected chi connectivity index (χ1v) is 26.5. The molecular formula is C39H49BrCl2F6N2O4Sn. The molecule has 0 aliphatic carbocycles. The van der Waals surface area contributed by atoms with Crippen LogP contribution in [-0.4, -0.2) is 50.9 Å². The molecule has 6 nitrogen and oxygen atoms in total. The second kappa shape index (κ2) is 22.4. The number of para-hydroxylation sites is 2. The number of benzene rings is 2. The molecule has 2 N–H and O–H groups in total. The maximum atomic E-state index is 12.8. The van der Waals surface area contributed by atoms with E-state index in [1.807, 2.05) is 0 Å². The summed E-state index contributed by atoms with van der Waals surface area (Å²) in [6.07, 6.45) is -1.51. The van der Waals surface area contributed by atoms with Crippen molar-refractivity contribution in [3.05, 3.63) is 78.2 Å². The minimum absolute atomic E-state index is 0. The number of fused-ring (bicyclic) bond motifs is 2. The van der Waals surface area contributed by atoms with E-state index >= 15 is 0 Å². The Balaban J connectivity index is 0.000000409. The molecule has 55 heavy (non-hydrogen) atoms. The standard InChI is InChI=1S/C12H7ClF3NO2.C10H4BrClF3NO.C4H7O.3C4H9.CH4.Sn/c1-5(18)8-6-3-2-4-7(13)9(6)17-11(10(8)19)12(14,15)16;11-6-4-2-1-3-5(12)7(4)16-9(8(6)17)10(13,14)15;1-3-5-4-2;3*1-3-4-2;;/h2-4,19H,1H3;1-3,17H;1,4H2,2H3;3*1,3-4H2,2H3;1H4;. The summed E-state index contributed by atoms with van der Waals surface area (Å²) in [5.74, 6) is -2.81. The molecule has 0 fully saturated rings. The summed E-state index contributed by atoms with van der Waals surface area (Å²) >= 11 is 12.2. The summed E-state index contributed by atoms with van der Waals surface area (Å²) in [6, 6.07) is 8.71. The Morgan fingerprint density at radius 3 is 1.56 bits per heavy atom. The number of aromatic hydroxyl groups is 2. The van der Waals surface area contributed by atoms with E-state index in [1.165, 1.54) is 85.9 Å². The van der Waals surface area contributed by atoms with Crippen LogP contribution in [-0.2, 0) is 17.1 Å². The van der Waals surface area contributed by atoms with Crippen LogP contribution in [0.1, 0.15) is 102 Å². The summed E-state index contributed by atoms with van der Waals surface area (Å²) < 4.78 is 87.6. The second-order valence-corrected chi connectivity index (χ2v) is 27.4. The number of hydrogen-bond acceptors (Lipinski definition) is 6. The molecule has 0 atom stereocenters. The van der Waals surface area contributed by atoms with Gasteiger partial charge in [-0.3, -0.25) is 4.79 Å². The van der Waals surface area contributed by atoms with Gasteiger partial charge in [-0.25, -0.2) is 9.97 Å². The van der Waals surface area contributed by atoms with Crippen LogP contribution >= 0.6 is 39.1 Å². The molecule has 0 saturated heterocycles. The Kier molecular flexibility index (Phi) is 20.6. The fraction of sp³-hybridized carbons (Fsp3) is 0.462. The summed E-state index contributed by atoms with van der Waals surface area (Å²) in [5.41, 5.74) is -3.48. The number of carbonyl (C=O) groups is 1. The number of ether oxygens (including phenoxy) is 1. The fourth-order valence-electron chi connectivity index (χ4n) is 5.86. The molecule has 0 spiro atoms. The number of unbranched alkanes of at least 4 members (excludes halogenated alkanes) is 3. The maximum absolute atomic E-state index is 12.8. The number of nitrogens with zero attached hydrogens (tertiary/aromatic N) is 2. The van der Waals surface area contributed by atoms with Gasteiger partial charge in [0, 0.05) is 10.8 Å². The van der Waals surface area contributed by atoms with Crippen LogP contribution in [0.15, 0.2) is 51.2 Å². The van der Waals surface area contributed by atoms with E-state index in [4.69, 9.17) is 27.9 Å². The van der Waals surface area contributed by atoms with Crippen LogP contribution in [0.4, 0.5) is 26.3 Å². The van der Waals surface area contributed by atoms with Gasteiger partial charge >= 0.3 is 132 Å². The van der Waals surface area contributed by atoms with Gasteiger partial charge in [-0.2, -0.15) is 26.3 Å². The largest absolute Gasteiger partial charge is 0.505 e. The number of halogens is 9. The molecular weight excluding hydrogens is 944 g/mol. The average Bonchev–Trinajstić information content (AvgIpc) is 3.09. The number of rotatable bonds is 13. The van der Waals surface area contributed by atoms with Gasteiger partial charge in [0.1, 0.15) is 0 Å². The van der Waals surface area contributed by atoms with E-state index in [0.29, 0.717) is 5.39 Å². The smallest absolute Gasteiger partial charge is 0.437 e. The van der Waals surface area contributed by atoms with Crippen LogP contribution < -0.4 is 0 Å². The van der Waals surface area contributed by atoms with E-state index < -0.39 is 65.0 Å². The average molecular weight is 993 g/mol. The molecule has 2 aromatic carbocycles. The molecule has 0 radical (unpaired) electrons. The third-order valence-corrected chi connectivity index (χ3v) is 25.1. The Hall–Kier alpha value is -2.49. The minimum atomic E-state index is -4.87. The van der Waals surface area contributed by atoms with Crippen LogP contribution in [0, 0.1) is 0 Å². The maximum Gasteiger partial charge on any atom is 0.437 e. The molecule has 4 rings (SSSR count). The zero-order chi connectivity index (χ0) is 41.0. The summed E-state index contributed by atoms with van der Waals surface area (Å²) in [4.78, 5) is 18.2. The SMILES string of the molecule is C.C=[C](OCC)[Sn]([CH2]CCC)([CH2]CCC)[CH2]CCC.CC(=O)c1c(O)c(C(F)(F)F)nc2c(Cl)cccc12.Oc1c(C(F)(F)F)nc2c(Cl)cccc2c1Br. The predicted molar refractivity (Wildman–Crippen MR) is 217 cm³/mol. The molecule has 0 saturated carbocycles. The molecule has 306 valence electrons. The van der Waals surface area contributed by atoms with Crippen LogP contribution in [0.2, 0.25) is 23.4 Å². The van der Waals surface area contributed by atoms with Gasteiger partial charge < -0.3 is 10.2 Å². The summed E-state index contributed by atoms with van der Waals surface area (Å²) in [6.45, 7) is 15.2. The normalized spacial score (nSPS) is 11.6. The second-order valence-electron chi connectivity index (χ2n) is 12.6. The van der Waals surface area contributed by atoms with Crippen molar-refractivity contribution in [1.82, 2.24) is 9.97 Å². The number of hydrogen-bond donors (Lipinski definition) is 2. The van der Waals surface area contributed by atoms with Crippen molar-refractivity contribution in [2.24, 2.45) is 0 Å². The molecule has 0 aliphatic heterocycles. The first-order valence-electron chi connectivity index (χ1n) is 17.5. The molecule has 16 heteroatoms. The van der Waals surface area contributed by atoms with Crippen molar-refractivity contribution < 1.29 is 46.1 Å². The van der Waals surface area contributed by atoms with Crippen LogP contribution in [0.5, 0.6) is 11.5 Å². The van der Waals surface area contributed by atoms with E-state index in [0.717, 1.165) is 13.5 Å². The van der Waals surface area contributed by atoms with Crippen molar-refractivity contribution >= 4 is 85.1 Å². The predicted octanol–water partition coefficient (Wildman–Crippen LogP) is 14.8. The molecule has 4 aromatic rings. The zero-order valence-electron chi connectivity index (χ0n) is 30.7. The van der Waals surface area contributed by atoms with E-state index in [1.54, 1.807) is 6.07 Å². The van der Waals surface area contributed by atoms with Crippen molar-refractivity contribution in [2.75, 3.05) is 6.61 Å². The Labute approximate surface area is 341 Å². The third kappa shape index (κ3) is 13.3. The van der Waals surface area contributed by atoms with Gasteiger partial charge in [-0.15, -0.1) is 0 Å². The van der Waals surface area contributed by atoms with Crippen molar-refractivity contribution in [3.63, 3.8) is 0 Å². The monoisotopic (exact) mass is 992 g/mol. The van der Waals surface area contributed by atoms with Crippen molar-refractivity contribution in [2.45, 2.75) is 106 Å². The van der Waals surface area contributed by atoms with Crippen LogP contribution in [0.3, 0.4) is 0 Å². The van der Waals surface area contributed by atoms with Gasteiger partial charge in [0.2, 0.25) is 0 Å². The summed E-state index contributed by atoms with van der Waals surface area (Å²) in [5, 5.41) is 19.6. The van der Waals surface area contributed by atoms with Crippen LogP contribution in [0.25, 0.3) is 21.8 Å². The van der Waals surface area contributed by atoms with Crippen molar-refractivity contribution in [1.29, 1.82) is 0 Å². The van der Waals surface area contributed by atoms with Gasteiger partial charge in [-0.05, 0) is 35.0 Å². The van der Waals surface area contributed by atoms with Gasteiger partial charge in [0.25, 0.3) is 0 Å². The number of aromatic nitrogens is 2. The Morgan fingerprint density at radius 2 is 1.18 bits per heavy atom. The molecule has 2 heterocycles. The third-order valence-electron chi connectivity index (χ3n) is 8.65. The van der Waals surface area contributed by atoms with Gasteiger partial charge in [0.05, 0.1) is 31.1 Å². The summed E-state index contributed by atoms with van der Waals surface area (Å²) in [7, 11) is 0. The Morgan fingerprint density at radius 1 is 0.782 bits per heavy atom. The van der Waals surface area contributed by atoms with Gasteiger partial charge in [-0.1, -0.05) is 54.9 Å².